The van der Waals surface area contributed by atoms with Gasteiger partial charge in [0.25, 0.3) is 5.79 Å². The number of azide groups is 1. The van der Waals surface area contributed by atoms with Crippen molar-refractivity contribution in [2.75, 3.05) is 27.4 Å². The molecule has 2 N–H and O–H groups in total. The Kier molecular flexibility index (Phi) is 10.5. The summed E-state index contributed by atoms with van der Waals surface area (Å²) >= 11 is 0. The highest BCUT2D eigenvalue weighted by Gasteiger charge is 2.55. The minimum atomic E-state index is -1.86. The Hall–Kier alpha value is -1.09. The van der Waals surface area contributed by atoms with Crippen LogP contribution in [0.5, 0.6) is 0 Å². The van der Waals surface area contributed by atoms with Crippen molar-refractivity contribution in [2.45, 2.75) is 43.5 Å². The molecule has 1 saturated heterocycles. The Morgan fingerprint density at radius 1 is 1.46 bits per heavy atom. The predicted molar refractivity (Wildman–Crippen MR) is 103 cm³/mol. The number of ether oxygens (including phenoxy) is 3. The molecule has 1 rings (SSSR count). The van der Waals surface area contributed by atoms with E-state index >= 15 is 0 Å². The molecule has 0 saturated carbocycles. The van der Waals surface area contributed by atoms with Crippen LogP contribution in [0.2, 0.25) is 0 Å². The number of carbonyl (C=O) groups excluding carboxylic acids is 2. The van der Waals surface area contributed by atoms with Gasteiger partial charge in [-0.2, -0.15) is 0 Å². The van der Waals surface area contributed by atoms with Crippen LogP contribution in [0.3, 0.4) is 0 Å². The number of hydrogen-bond donors (Lipinski definition) is 2. The smallest absolute Gasteiger partial charge is 0.366 e. The van der Waals surface area contributed by atoms with Gasteiger partial charge < -0.3 is 33.7 Å². The van der Waals surface area contributed by atoms with Crippen molar-refractivity contribution < 1.29 is 38.0 Å². The molecule has 0 aliphatic carbocycles. The highest BCUT2D eigenvalue weighted by molar-refractivity contribution is 7.10. The standard InChI is InChI=1S/C14H26N4O8P2/c1-7(19)17-10-8(5-16-18-15)4-14(23-3,13(21)22-2)25-12(10)11(20)9(26-28)6-24-27/h8-12,20H,4-6,27-28H2,1-3H3,(H,17,19)/t8-,9-,10-,11-,12-,14?/m1/s1. The first-order valence-corrected chi connectivity index (χ1v) is 9.19. The third-order valence-electron chi connectivity index (χ3n) is 4.45. The molecule has 28 heavy (non-hydrogen) atoms. The molecule has 1 fully saturated rings. The minimum Gasteiger partial charge on any atom is -0.465 e. The van der Waals surface area contributed by atoms with Gasteiger partial charge in [0.2, 0.25) is 5.91 Å². The third-order valence-corrected chi connectivity index (χ3v) is 4.99. The molecule has 0 spiro atoms. The Balaban J connectivity index is 3.40. The van der Waals surface area contributed by atoms with Crippen LogP contribution < -0.4 is 5.32 Å². The molecule has 1 aliphatic heterocycles. The summed E-state index contributed by atoms with van der Waals surface area (Å²) in [6.45, 7) is 1.19. The van der Waals surface area contributed by atoms with Crippen LogP contribution in [-0.4, -0.2) is 74.5 Å². The third kappa shape index (κ3) is 5.95. The molecule has 12 nitrogen and oxygen atoms in total. The zero-order valence-corrected chi connectivity index (χ0v) is 18.1. The number of carbonyl (C=O) groups is 2. The summed E-state index contributed by atoms with van der Waals surface area (Å²) in [5.41, 5.74) is 8.70. The molecule has 0 aromatic rings. The second-order valence-corrected chi connectivity index (χ2v) is 6.74. The normalized spacial score (nSPS) is 29.3. The number of aliphatic hydroxyl groups is 1. The van der Waals surface area contributed by atoms with Crippen LogP contribution >= 0.6 is 18.9 Å². The van der Waals surface area contributed by atoms with Gasteiger partial charge in [-0.1, -0.05) is 5.11 Å². The Bertz CT molecular complexity index is 594. The quantitative estimate of drug-likeness (QED) is 0.159. The van der Waals surface area contributed by atoms with Crippen molar-refractivity contribution in [2.24, 2.45) is 11.0 Å². The molecule has 1 heterocycles. The van der Waals surface area contributed by atoms with Crippen molar-refractivity contribution in [1.29, 1.82) is 0 Å². The fourth-order valence-corrected chi connectivity index (χ4v) is 3.57. The molecule has 0 aromatic heterocycles. The molecule has 0 bridgehead atoms. The van der Waals surface area contributed by atoms with Gasteiger partial charge in [0.1, 0.15) is 18.3 Å². The van der Waals surface area contributed by atoms with Gasteiger partial charge >= 0.3 is 5.97 Å². The first-order chi connectivity index (χ1) is 13.3. The van der Waals surface area contributed by atoms with Crippen molar-refractivity contribution in [3.8, 4) is 0 Å². The van der Waals surface area contributed by atoms with E-state index in [1.807, 2.05) is 18.9 Å². The Morgan fingerprint density at radius 2 is 2.14 bits per heavy atom. The van der Waals surface area contributed by atoms with Crippen LogP contribution in [0.4, 0.5) is 0 Å². The van der Waals surface area contributed by atoms with Gasteiger partial charge in [-0.15, -0.1) is 0 Å². The molecule has 0 aromatic carbocycles. The molecule has 14 heteroatoms. The first-order valence-electron chi connectivity index (χ1n) is 8.24. The van der Waals surface area contributed by atoms with Crippen LogP contribution in [0, 0.1) is 5.92 Å². The summed E-state index contributed by atoms with van der Waals surface area (Å²) in [6, 6.07) is -0.807. The number of rotatable bonds is 10. The van der Waals surface area contributed by atoms with E-state index in [9.17, 15) is 14.7 Å². The lowest BCUT2D eigenvalue weighted by atomic mass is 9.81. The van der Waals surface area contributed by atoms with Crippen LogP contribution in [0.1, 0.15) is 13.3 Å². The highest BCUT2D eigenvalue weighted by Crippen LogP contribution is 2.37. The van der Waals surface area contributed by atoms with E-state index < -0.39 is 47.9 Å². The van der Waals surface area contributed by atoms with Gasteiger partial charge in [-0.05, 0) is 11.4 Å². The van der Waals surface area contributed by atoms with Crippen molar-refractivity contribution >= 4 is 30.8 Å². The van der Waals surface area contributed by atoms with Crippen molar-refractivity contribution in [1.82, 2.24) is 5.32 Å². The van der Waals surface area contributed by atoms with E-state index in [-0.39, 0.29) is 19.6 Å². The second-order valence-electron chi connectivity index (χ2n) is 6.13. The highest BCUT2D eigenvalue weighted by atomic mass is 31.0. The summed E-state index contributed by atoms with van der Waals surface area (Å²) in [5.74, 6) is -3.69. The summed E-state index contributed by atoms with van der Waals surface area (Å²) in [4.78, 5) is 26.9. The predicted octanol–water partition coefficient (Wildman–Crippen LogP) is 0.0651. The summed E-state index contributed by atoms with van der Waals surface area (Å²) in [6.07, 6.45) is -3.46. The number of hydrogen-bond acceptors (Lipinski definition) is 9. The van der Waals surface area contributed by atoms with E-state index in [0.717, 1.165) is 7.11 Å². The molecule has 3 unspecified atom stereocenters. The largest absolute Gasteiger partial charge is 0.465 e. The fraction of sp³-hybridized carbons (Fsp3) is 0.857. The van der Waals surface area contributed by atoms with E-state index in [1.54, 1.807) is 0 Å². The Labute approximate surface area is 167 Å². The first kappa shape index (κ1) is 24.9. The minimum absolute atomic E-state index is 0.0266. The zero-order valence-electron chi connectivity index (χ0n) is 15.8. The lowest BCUT2D eigenvalue weighted by molar-refractivity contribution is -0.297. The number of aliphatic hydroxyl groups excluding tert-OH is 1. The maximum absolute atomic E-state index is 12.4. The second kappa shape index (κ2) is 11.8. The van der Waals surface area contributed by atoms with Gasteiger partial charge in [-0.3, -0.25) is 4.79 Å². The van der Waals surface area contributed by atoms with Crippen molar-refractivity contribution in [3.63, 3.8) is 0 Å². The van der Waals surface area contributed by atoms with Gasteiger partial charge in [0, 0.05) is 50.8 Å². The van der Waals surface area contributed by atoms with E-state index in [4.69, 9.17) is 28.8 Å². The molecule has 160 valence electrons. The van der Waals surface area contributed by atoms with Crippen LogP contribution in [0.25, 0.3) is 10.4 Å². The number of methoxy groups -OCH3 is 2. The average molecular weight is 440 g/mol. The molecule has 1 aliphatic rings. The van der Waals surface area contributed by atoms with Gasteiger partial charge in [0.05, 0.1) is 19.8 Å². The zero-order chi connectivity index (χ0) is 21.3. The van der Waals surface area contributed by atoms with Gasteiger partial charge in [0.15, 0.2) is 0 Å². The maximum Gasteiger partial charge on any atom is 0.366 e. The molecule has 0 radical (unpaired) electrons. The Morgan fingerprint density at radius 3 is 2.61 bits per heavy atom. The fourth-order valence-electron chi connectivity index (χ4n) is 3.14. The number of nitrogens with one attached hydrogen (secondary N) is 1. The molecule has 8 atom stereocenters. The average Bonchev–Trinajstić information content (AvgIpc) is 2.69. The van der Waals surface area contributed by atoms with Gasteiger partial charge in [-0.25, -0.2) is 4.79 Å². The maximum atomic E-state index is 12.4. The van der Waals surface area contributed by atoms with E-state index in [1.165, 1.54) is 14.0 Å². The summed E-state index contributed by atoms with van der Waals surface area (Å²) in [5, 5.41) is 17.1. The number of amides is 1. The topological polar surface area (TPSA) is 161 Å². The monoisotopic (exact) mass is 440 g/mol. The number of nitrogens with zero attached hydrogens (tertiary/aromatic N) is 3. The van der Waals surface area contributed by atoms with E-state index in [2.05, 4.69) is 15.3 Å². The van der Waals surface area contributed by atoms with Crippen molar-refractivity contribution in [3.05, 3.63) is 10.4 Å². The lowest BCUT2D eigenvalue weighted by Crippen LogP contribution is -2.66. The van der Waals surface area contributed by atoms with Crippen LogP contribution in [0.15, 0.2) is 5.11 Å². The van der Waals surface area contributed by atoms with Crippen LogP contribution in [-0.2, 0) is 32.8 Å². The number of esters is 1. The molecule has 1 amide bonds. The molecular weight excluding hydrogens is 414 g/mol. The SMILES string of the molecule is COC(=O)C1(OC)C[C@H](CN=[N+]=[N-])[C@@H](NC(C)=O)[C@H]([C@H](O)[C@@H](COP)OP)O1. The summed E-state index contributed by atoms with van der Waals surface area (Å²) in [7, 11) is 6.46. The molecular formula is C14H26N4O8P2. The summed E-state index contributed by atoms with van der Waals surface area (Å²) < 4.78 is 26.1. The van der Waals surface area contributed by atoms with E-state index in [0.29, 0.717) is 0 Å². The lowest BCUT2D eigenvalue weighted by Gasteiger charge is -2.48.